The molecule has 11 aromatic rings. The summed E-state index contributed by atoms with van der Waals surface area (Å²) in [6, 6.07) is 93.2. The topological polar surface area (TPSA) is 8.17 Å². The van der Waals surface area contributed by atoms with Gasteiger partial charge in [0.25, 0.3) is 0 Å². The second-order valence-corrected chi connectivity index (χ2v) is 16.5. The fourth-order valence-electron chi connectivity index (χ4n) is 10.3. The highest BCUT2D eigenvalue weighted by Crippen LogP contribution is 2.57. The van der Waals surface area contributed by atoms with E-state index < -0.39 is 5.41 Å². The summed E-state index contributed by atoms with van der Waals surface area (Å²) in [7, 11) is 0. The third kappa shape index (κ3) is 5.95. The minimum atomic E-state index is -0.507. The predicted molar refractivity (Wildman–Crippen MR) is 264 cm³/mol. The van der Waals surface area contributed by atoms with Crippen LogP contribution in [0.3, 0.4) is 0 Å². The maximum absolute atomic E-state index is 2.45. The maximum atomic E-state index is 2.45. The Morgan fingerprint density at radius 2 is 0.794 bits per heavy atom. The summed E-state index contributed by atoms with van der Waals surface area (Å²) in [5.74, 6) is 0. The van der Waals surface area contributed by atoms with Crippen LogP contribution >= 0.6 is 0 Å². The number of fused-ring (bicyclic) bond motifs is 6. The highest BCUT2D eigenvalue weighted by atomic mass is 15.1. The smallest absolute Gasteiger partial charge is 0.0714 e. The van der Waals surface area contributed by atoms with E-state index in [0.717, 1.165) is 28.3 Å². The lowest BCUT2D eigenvalue weighted by molar-refractivity contribution is 0.768. The van der Waals surface area contributed by atoms with Gasteiger partial charge in [-0.05, 0) is 116 Å². The average Bonchev–Trinajstić information content (AvgIpc) is 3.86. The summed E-state index contributed by atoms with van der Waals surface area (Å²) < 4.78 is 2.39. The molecule has 1 aliphatic rings. The molecule has 1 aliphatic carbocycles. The number of anilines is 3. The van der Waals surface area contributed by atoms with Crippen molar-refractivity contribution in [2.45, 2.75) is 5.41 Å². The monoisotopic (exact) mass is 802 g/mol. The average molecular weight is 803 g/mol. The molecule has 0 aliphatic heterocycles. The van der Waals surface area contributed by atoms with Crippen LogP contribution in [0.5, 0.6) is 0 Å². The van der Waals surface area contributed by atoms with E-state index in [0.29, 0.717) is 0 Å². The molecule has 296 valence electrons. The van der Waals surface area contributed by atoms with Gasteiger partial charge in [0.1, 0.15) is 0 Å². The lowest BCUT2D eigenvalue weighted by atomic mass is 9.67. The Morgan fingerprint density at radius 3 is 1.48 bits per heavy atom. The molecular formula is C61H42N2. The lowest BCUT2D eigenvalue weighted by Crippen LogP contribution is -2.28. The molecule has 1 aromatic heterocycles. The number of para-hydroxylation sites is 2. The second-order valence-electron chi connectivity index (χ2n) is 16.5. The van der Waals surface area contributed by atoms with Crippen LogP contribution in [-0.2, 0) is 5.41 Å². The summed E-state index contributed by atoms with van der Waals surface area (Å²) in [6.45, 7) is 0. The van der Waals surface area contributed by atoms with Crippen LogP contribution in [0.2, 0.25) is 0 Å². The Bertz CT molecular complexity index is 3350. The van der Waals surface area contributed by atoms with Crippen molar-refractivity contribution >= 4 is 38.9 Å². The highest BCUT2D eigenvalue weighted by Gasteiger charge is 2.46. The number of nitrogens with zero attached hydrogens (tertiary/aromatic N) is 2. The largest absolute Gasteiger partial charge is 0.310 e. The molecule has 0 amide bonds. The minimum absolute atomic E-state index is 0.507. The molecule has 2 nitrogen and oxygen atoms in total. The van der Waals surface area contributed by atoms with Gasteiger partial charge in [-0.2, -0.15) is 0 Å². The van der Waals surface area contributed by atoms with Crippen molar-refractivity contribution in [2.75, 3.05) is 4.90 Å². The molecule has 0 N–H and O–H groups in total. The SMILES string of the molecule is c1ccc(-c2cccc(N(c3ccc(-c4cccc(-n5c6ccccc6c6ccccc65)c4)cc3)c3ccc4c(c3)C(c3ccccc3)(c3ccccc3)c3ccccc3-4)c2)cc1. The molecule has 2 heteroatoms. The molecule has 12 rings (SSSR count). The van der Waals surface area contributed by atoms with E-state index in [4.69, 9.17) is 0 Å². The third-order valence-electron chi connectivity index (χ3n) is 13.1. The van der Waals surface area contributed by atoms with E-state index in [-0.39, 0.29) is 0 Å². The van der Waals surface area contributed by atoms with Crippen molar-refractivity contribution in [3.8, 4) is 39.1 Å². The number of hydrogen-bond acceptors (Lipinski definition) is 1. The zero-order valence-electron chi connectivity index (χ0n) is 34.6. The first-order valence-electron chi connectivity index (χ1n) is 21.8. The Hall–Kier alpha value is -8.20. The Kier molecular flexibility index (Phi) is 8.76. The van der Waals surface area contributed by atoms with Crippen molar-refractivity contribution < 1.29 is 0 Å². The van der Waals surface area contributed by atoms with Gasteiger partial charge in [0.05, 0.1) is 16.4 Å². The van der Waals surface area contributed by atoms with Crippen LogP contribution in [0.4, 0.5) is 17.1 Å². The zero-order chi connectivity index (χ0) is 41.7. The molecule has 0 atom stereocenters. The molecule has 63 heavy (non-hydrogen) atoms. The molecule has 10 aromatic carbocycles. The quantitative estimate of drug-likeness (QED) is 0.149. The van der Waals surface area contributed by atoms with Gasteiger partial charge in [-0.3, -0.25) is 0 Å². The first-order chi connectivity index (χ1) is 31.3. The maximum Gasteiger partial charge on any atom is 0.0714 e. The van der Waals surface area contributed by atoms with E-state index in [9.17, 15) is 0 Å². The van der Waals surface area contributed by atoms with E-state index in [2.05, 4.69) is 264 Å². The van der Waals surface area contributed by atoms with Gasteiger partial charge in [-0.1, -0.05) is 194 Å². The second kappa shape index (κ2) is 15.1. The van der Waals surface area contributed by atoms with Gasteiger partial charge in [0, 0.05) is 33.5 Å². The first-order valence-corrected chi connectivity index (χ1v) is 21.8. The van der Waals surface area contributed by atoms with E-state index in [1.807, 2.05) is 0 Å². The molecular weight excluding hydrogens is 761 g/mol. The van der Waals surface area contributed by atoms with Crippen LogP contribution in [-0.4, -0.2) is 4.57 Å². The molecule has 0 bridgehead atoms. The van der Waals surface area contributed by atoms with Gasteiger partial charge in [0.15, 0.2) is 0 Å². The fraction of sp³-hybridized carbons (Fsp3) is 0.0164. The van der Waals surface area contributed by atoms with Gasteiger partial charge < -0.3 is 9.47 Å². The number of benzene rings is 10. The standard InChI is InChI=1S/C61H42N2/c1-4-18-43(19-5-1)45-20-16-26-50(40-45)62(49-36-34-44(35-37-49)46-21-17-27-51(41-46)63-59-32-14-11-29-55(59)56-30-12-15-33-60(56)63)52-38-39-54-53-28-10-13-31-57(53)61(58(54)42-52,47-22-6-2-7-23-47)48-24-8-3-9-25-48/h1-42H. The highest BCUT2D eigenvalue weighted by molar-refractivity contribution is 6.09. The van der Waals surface area contributed by atoms with Crippen LogP contribution in [0.1, 0.15) is 22.3 Å². The fourth-order valence-corrected chi connectivity index (χ4v) is 10.3. The number of rotatable bonds is 8. The summed E-state index contributed by atoms with van der Waals surface area (Å²) in [4.78, 5) is 2.43. The van der Waals surface area contributed by atoms with Crippen LogP contribution < -0.4 is 4.90 Å². The van der Waals surface area contributed by atoms with E-state index in [1.165, 1.54) is 71.9 Å². The number of aromatic nitrogens is 1. The Balaban J connectivity index is 1.02. The first kappa shape index (κ1) is 36.6. The van der Waals surface area contributed by atoms with E-state index in [1.54, 1.807) is 0 Å². The molecule has 0 fully saturated rings. The van der Waals surface area contributed by atoms with Gasteiger partial charge >= 0.3 is 0 Å². The predicted octanol–water partition coefficient (Wildman–Crippen LogP) is 16.0. The lowest BCUT2D eigenvalue weighted by Gasteiger charge is -2.35. The molecule has 0 radical (unpaired) electrons. The van der Waals surface area contributed by atoms with E-state index >= 15 is 0 Å². The van der Waals surface area contributed by atoms with Crippen molar-refractivity contribution in [1.82, 2.24) is 4.57 Å². The van der Waals surface area contributed by atoms with Crippen molar-refractivity contribution in [3.05, 3.63) is 277 Å². The number of hydrogen-bond donors (Lipinski definition) is 0. The van der Waals surface area contributed by atoms with Crippen LogP contribution in [0, 0.1) is 0 Å². The molecule has 0 saturated heterocycles. The third-order valence-corrected chi connectivity index (χ3v) is 13.1. The van der Waals surface area contributed by atoms with Gasteiger partial charge in [-0.25, -0.2) is 0 Å². The van der Waals surface area contributed by atoms with Crippen molar-refractivity contribution in [1.29, 1.82) is 0 Å². The van der Waals surface area contributed by atoms with Crippen molar-refractivity contribution in [3.63, 3.8) is 0 Å². The zero-order valence-corrected chi connectivity index (χ0v) is 34.6. The molecule has 0 unspecified atom stereocenters. The minimum Gasteiger partial charge on any atom is -0.310 e. The summed E-state index contributed by atoms with van der Waals surface area (Å²) in [5.41, 5.74) is 18.7. The Morgan fingerprint density at radius 1 is 0.302 bits per heavy atom. The summed E-state index contributed by atoms with van der Waals surface area (Å²) in [5, 5.41) is 2.53. The normalized spacial score (nSPS) is 12.6. The van der Waals surface area contributed by atoms with Gasteiger partial charge in [-0.15, -0.1) is 0 Å². The Labute approximate surface area is 368 Å². The van der Waals surface area contributed by atoms with Gasteiger partial charge in [0.2, 0.25) is 0 Å². The molecule has 1 heterocycles. The summed E-state index contributed by atoms with van der Waals surface area (Å²) >= 11 is 0. The molecule has 0 spiro atoms. The van der Waals surface area contributed by atoms with Crippen LogP contribution in [0.25, 0.3) is 60.9 Å². The van der Waals surface area contributed by atoms with Crippen molar-refractivity contribution in [2.24, 2.45) is 0 Å². The summed E-state index contributed by atoms with van der Waals surface area (Å²) in [6.07, 6.45) is 0. The van der Waals surface area contributed by atoms with Crippen LogP contribution in [0.15, 0.2) is 255 Å². The molecule has 0 saturated carbocycles.